The first-order valence-electron chi connectivity index (χ1n) is 8.07. The van der Waals surface area contributed by atoms with Crippen LogP contribution in [0.25, 0.3) is 0 Å². The average Bonchev–Trinajstić information content (AvgIpc) is 2.51. The first kappa shape index (κ1) is 15.7. The van der Waals surface area contributed by atoms with Crippen LogP contribution in [-0.4, -0.2) is 35.5 Å². The monoisotopic (exact) mass is 290 g/mol. The van der Waals surface area contributed by atoms with Gasteiger partial charge in [-0.3, -0.25) is 4.79 Å². The minimum atomic E-state index is -0.0974. The lowest BCUT2D eigenvalue weighted by Crippen LogP contribution is -2.36. The molecule has 0 aromatic carbocycles. The van der Waals surface area contributed by atoms with E-state index in [9.17, 15) is 4.79 Å². The molecule has 0 spiro atoms. The van der Waals surface area contributed by atoms with Crippen molar-refractivity contribution in [3.8, 4) is 0 Å². The molecule has 0 bridgehead atoms. The van der Waals surface area contributed by atoms with Gasteiger partial charge >= 0.3 is 0 Å². The van der Waals surface area contributed by atoms with Crippen molar-refractivity contribution in [2.75, 3.05) is 24.5 Å². The maximum atomic E-state index is 12.1. The summed E-state index contributed by atoms with van der Waals surface area (Å²) in [7, 11) is 0. The highest BCUT2D eigenvalue weighted by atomic mass is 16.1. The third-order valence-corrected chi connectivity index (χ3v) is 3.88. The molecule has 0 aliphatic carbocycles. The lowest BCUT2D eigenvalue weighted by Gasteiger charge is -2.30. The summed E-state index contributed by atoms with van der Waals surface area (Å²) in [5, 5.41) is 2.92. The van der Waals surface area contributed by atoms with Crippen molar-refractivity contribution in [2.45, 2.75) is 46.0 Å². The molecule has 1 amide bonds. The van der Waals surface area contributed by atoms with Crippen LogP contribution in [0.4, 0.5) is 5.95 Å². The third-order valence-electron chi connectivity index (χ3n) is 3.88. The molecule has 2 rings (SSSR count). The van der Waals surface area contributed by atoms with E-state index in [0.717, 1.165) is 38.8 Å². The molecule has 1 atom stereocenters. The van der Waals surface area contributed by atoms with Crippen LogP contribution in [-0.2, 0) is 0 Å². The molecular weight excluding hydrogens is 264 g/mol. The summed E-state index contributed by atoms with van der Waals surface area (Å²) in [6.45, 7) is 7.06. The number of hydrogen-bond donors (Lipinski definition) is 1. The number of unbranched alkanes of at least 4 members (excludes halogenated alkanes) is 2. The molecule has 1 aromatic heterocycles. The fraction of sp³-hybridized carbons (Fsp3) is 0.688. The van der Waals surface area contributed by atoms with E-state index in [1.165, 1.54) is 6.42 Å². The molecule has 1 N–H and O–H groups in total. The second-order valence-electron chi connectivity index (χ2n) is 5.90. The normalized spacial score (nSPS) is 18.6. The highest BCUT2D eigenvalue weighted by Gasteiger charge is 2.19. The molecule has 1 fully saturated rings. The van der Waals surface area contributed by atoms with Gasteiger partial charge in [-0.25, -0.2) is 9.97 Å². The van der Waals surface area contributed by atoms with Gasteiger partial charge in [0.2, 0.25) is 5.95 Å². The zero-order valence-electron chi connectivity index (χ0n) is 13.1. The van der Waals surface area contributed by atoms with E-state index >= 15 is 0 Å². The van der Waals surface area contributed by atoms with Crippen molar-refractivity contribution in [1.29, 1.82) is 0 Å². The minimum absolute atomic E-state index is 0.0974. The first-order chi connectivity index (χ1) is 10.2. The van der Waals surface area contributed by atoms with Crippen molar-refractivity contribution >= 4 is 11.9 Å². The molecule has 1 aliphatic rings. The van der Waals surface area contributed by atoms with E-state index in [2.05, 4.69) is 34.0 Å². The van der Waals surface area contributed by atoms with E-state index in [0.29, 0.717) is 24.1 Å². The minimum Gasteiger partial charge on any atom is -0.351 e. The molecule has 5 heteroatoms. The molecule has 1 saturated heterocycles. The Balaban J connectivity index is 1.95. The number of rotatable bonds is 6. The smallest absolute Gasteiger partial charge is 0.270 e. The Hall–Kier alpha value is -1.65. The van der Waals surface area contributed by atoms with Gasteiger partial charge in [0.15, 0.2) is 0 Å². The van der Waals surface area contributed by atoms with Gasteiger partial charge in [-0.15, -0.1) is 0 Å². The largest absolute Gasteiger partial charge is 0.351 e. The van der Waals surface area contributed by atoms with Gasteiger partial charge in [0.25, 0.3) is 5.91 Å². The summed E-state index contributed by atoms with van der Waals surface area (Å²) in [5.41, 5.74) is 0.467. The number of amides is 1. The fourth-order valence-electron chi connectivity index (χ4n) is 2.67. The zero-order chi connectivity index (χ0) is 15.1. The van der Waals surface area contributed by atoms with Crippen molar-refractivity contribution in [2.24, 2.45) is 5.92 Å². The standard InChI is InChI=1S/C16H26N4O/c1-3-4-5-9-17-15(21)14-8-10-18-16(19-14)20-11-6-7-13(2)12-20/h8,10,13H,3-7,9,11-12H2,1-2H3,(H,17,21). The highest BCUT2D eigenvalue weighted by Crippen LogP contribution is 2.19. The number of hydrogen-bond acceptors (Lipinski definition) is 4. The van der Waals surface area contributed by atoms with E-state index in [4.69, 9.17) is 0 Å². The number of carbonyl (C=O) groups is 1. The molecule has 0 saturated carbocycles. The number of nitrogens with zero attached hydrogens (tertiary/aromatic N) is 3. The summed E-state index contributed by atoms with van der Waals surface area (Å²) >= 11 is 0. The summed E-state index contributed by atoms with van der Waals surface area (Å²) < 4.78 is 0. The number of carbonyl (C=O) groups excluding carboxylic acids is 1. The van der Waals surface area contributed by atoms with E-state index in [-0.39, 0.29) is 5.91 Å². The Kier molecular flexibility index (Phi) is 5.96. The fourth-order valence-corrected chi connectivity index (χ4v) is 2.67. The second-order valence-corrected chi connectivity index (χ2v) is 5.90. The molecule has 0 radical (unpaired) electrons. The number of anilines is 1. The topological polar surface area (TPSA) is 58.1 Å². The second kappa shape index (κ2) is 7.96. The van der Waals surface area contributed by atoms with Crippen LogP contribution >= 0.6 is 0 Å². The molecule has 1 unspecified atom stereocenters. The Bertz CT molecular complexity index is 463. The van der Waals surface area contributed by atoms with Gasteiger partial charge in [-0.2, -0.15) is 0 Å². The lowest BCUT2D eigenvalue weighted by molar-refractivity contribution is 0.0948. The van der Waals surface area contributed by atoms with Gasteiger partial charge in [0.1, 0.15) is 5.69 Å². The molecule has 1 aromatic rings. The molecular formula is C16H26N4O. The molecule has 2 heterocycles. The van der Waals surface area contributed by atoms with Crippen LogP contribution in [0, 0.1) is 5.92 Å². The maximum Gasteiger partial charge on any atom is 0.270 e. The quantitative estimate of drug-likeness (QED) is 0.818. The van der Waals surface area contributed by atoms with Crippen LogP contribution in [0.1, 0.15) is 56.4 Å². The number of aromatic nitrogens is 2. The summed E-state index contributed by atoms with van der Waals surface area (Å²) in [6.07, 6.45) is 7.42. The number of nitrogens with one attached hydrogen (secondary N) is 1. The molecule has 21 heavy (non-hydrogen) atoms. The third kappa shape index (κ3) is 4.69. The molecule has 1 aliphatic heterocycles. The lowest BCUT2D eigenvalue weighted by atomic mass is 10.0. The Labute approximate surface area is 127 Å². The molecule has 116 valence electrons. The SMILES string of the molecule is CCCCCNC(=O)c1ccnc(N2CCCC(C)C2)n1. The van der Waals surface area contributed by atoms with Gasteiger partial charge < -0.3 is 10.2 Å². The zero-order valence-corrected chi connectivity index (χ0v) is 13.1. The Morgan fingerprint density at radius 1 is 1.48 bits per heavy atom. The summed E-state index contributed by atoms with van der Waals surface area (Å²) in [5.74, 6) is 1.25. The summed E-state index contributed by atoms with van der Waals surface area (Å²) in [6, 6.07) is 1.69. The van der Waals surface area contributed by atoms with Crippen LogP contribution in [0.2, 0.25) is 0 Å². The Morgan fingerprint density at radius 2 is 2.33 bits per heavy atom. The predicted octanol–water partition coefficient (Wildman–Crippen LogP) is 2.63. The van der Waals surface area contributed by atoms with E-state index in [1.54, 1.807) is 12.3 Å². The van der Waals surface area contributed by atoms with Gasteiger partial charge in [0.05, 0.1) is 0 Å². The highest BCUT2D eigenvalue weighted by molar-refractivity contribution is 5.92. The first-order valence-corrected chi connectivity index (χ1v) is 8.07. The summed E-state index contributed by atoms with van der Waals surface area (Å²) in [4.78, 5) is 23.0. The predicted molar refractivity (Wildman–Crippen MR) is 84.5 cm³/mol. The van der Waals surface area contributed by atoms with Crippen LogP contribution in [0.5, 0.6) is 0 Å². The van der Waals surface area contributed by atoms with Crippen LogP contribution in [0.15, 0.2) is 12.3 Å². The van der Waals surface area contributed by atoms with E-state index in [1.807, 2.05) is 0 Å². The van der Waals surface area contributed by atoms with Crippen molar-refractivity contribution in [1.82, 2.24) is 15.3 Å². The van der Waals surface area contributed by atoms with E-state index < -0.39 is 0 Å². The maximum absolute atomic E-state index is 12.1. The van der Waals surface area contributed by atoms with Crippen LogP contribution in [0.3, 0.4) is 0 Å². The van der Waals surface area contributed by atoms with Gasteiger partial charge in [-0.05, 0) is 31.2 Å². The van der Waals surface area contributed by atoms with Crippen molar-refractivity contribution in [3.63, 3.8) is 0 Å². The van der Waals surface area contributed by atoms with Crippen molar-refractivity contribution in [3.05, 3.63) is 18.0 Å². The van der Waals surface area contributed by atoms with Crippen molar-refractivity contribution < 1.29 is 4.79 Å². The van der Waals surface area contributed by atoms with Gasteiger partial charge in [-0.1, -0.05) is 26.7 Å². The van der Waals surface area contributed by atoms with Gasteiger partial charge in [0, 0.05) is 25.8 Å². The number of piperidine rings is 1. The molecule has 5 nitrogen and oxygen atoms in total. The van der Waals surface area contributed by atoms with Crippen LogP contribution < -0.4 is 10.2 Å². The Morgan fingerprint density at radius 3 is 3.10 bits per heavy atom. The average molecular weight is 290 g/mol.